The van der Waals surface area contributed by atoms with Crippen LogP contribution in [0.3, 0.4) is 0 Å². The first-order chi connectivity index (χ1) is 18.1. The van der Waals surface area contributed by atoms with Crippen LogP contribution in [0.4, 0.5) is 5.69 Å². The number of halogens is 2. The number of hydrogen-bond donors (Lipinski definition) is 0. The van der Waals surface area contributed by atoms with E-state index in [1.807, 2.05) is 48.5 Å². The van der Waals surface area contributed by atoms with Gasteiger partial charge in [-0.3, -0.25) is 10.1 Å². The van der Waals surface area contributed by atoms with E-state index in [-0.39, 0.29) is 11.1 Å². The molecule has 0 aliphatic carbocycles. The van der Waals surface area contributed by atoms with Crippen molar-refractivity contribution in [2.24, 2.45) is 0 Å². The summed E-state index contributed by atoms with van der Waals surface area (Å²) in [7, 11) is 0. The van der Waals surface area contributed by atoms with Crippen LogP contribution in [0.1, 0.15) is 26.3 Å². The second kappa shape index (κ2) is 10.2. The molecule has 190 valence electrons. The largest absolute Gasteiger partial charge is 0.455 e. The van der Waals surface area contributed by atoms with Crippen LogP contribution in [0.5, 0.6) is 0 Å². The molecule has 0 fully saturated rings. The summed E-state index contributed by atoms with van der Waals surface area (Å²) in [5.74, 6) is 1.41. The van der Waals surface area contributed by atoms with E-state index < -0.39 is 4.92 Å². The molecule has 0 aliphatic heterocycles. The van der Waals surface area contributed by atoms with Crippen molar-refractivity contribution in [2.45, 2.75) is 26.2 Å². The smallest absolute Gasteiger partial charge is 0.269 e. The molecule has 0 aliphatic rings. The van der Waals surface area contributed by atoms with Crippen molar-refractivity contribution < 1.29 is 9.34 Å². The van der Waals surface area contributed by atoms with E-state index in [0.29, 0.717) is 10.8 Å². The Morgan fingerprint density at radius 1 is 0.684 bits per heavy atom. The first-order valence-corrected chi connectivity index (χ1v) is 13.3. The summed E-state index contributed by atoms with van der Waals surface area (Å²) in [4.78, 5) is 11.0. The molecule has 0 bridgehead atoms. The lowest BCUT2D eigenvalue weighted by Crippen LogP contribution is -2.10. The van der Waals surface area contributed by atoms with Gasteiger partial charge in [-0.05, 0) is 58.5 Å². The third kappa shape index (κ3) is 5.17. The quantitative estimate of drug-likeness (QED) is 0.152. The summed E-state index contributed by atoms with van der Waals surface area (Å²) in [6, 6.07) is 30.6. The fourth-order valence-corrected chi connectivity index (χ4v) is 4.87. The minimum absolute atomic E-state index is 0.0210. The van der Waals surface area contributed by atoms with Gasteiger partial charge in [0.25, 0.3) is 5.69 Å². The maximum Gasteiger partial charge on any atom is 0.269 e. The highest BCUT2D eigenvalue weighted by atomic mass is 79.9. The summed E-state index contributed by atoms with van der Waals surface area (Å²) in [6.07, 6.45) is 0. The second-order valence-electron chi connectivity index (χ2n) is 10.2. The number of rotatable bonds is 5. The molecule has 0 unspecified atom stereocenters. The van der Waals surface area contributed by atoms with Crippen molar-refractivity contribution in [3.8, 4) is 44.9 Å². The van der Waals surface area contributed by atoms with Crippen molar-refractivity contribution in [1.29, 1.82) is 0 Å². The van der Waals surface area contributed by atoms with Gasteiger partial charge in [0.15, 0.2) is 0 Å². The van der Waals surface area contributed by atoms with E-state index in [1.54, 1.807) is 12.1 Å². The van der Waals surface area contributed by atoms with E-state index in [1.165, 1.54) is 17.7 Å². The topological polar surface area (TPSA) is 56.3 Å². The Bertz CT molecular complexity index is 1600. The zero-order valence-corrected chi connectivity index (χ0v) is 23.5. The summed E-state index contributed by atoms with van der Waals surface area (Å²) < 4.78 is 7.68. The standard InChI is InChI=1S/C32H25BrClNO3/c1-32(2,3)24-12-4-22(5-13-24)30-28(20-8-16-26(34)17-9-20)29(21-10-18-27(19-11-21)35(36)37)31(38-30)23-6-14-25(33)15-7-23/h4-19H,1-3H3. The minimum Gasteiger partial charge on any atom is -0.455 e. The van der Waals surface area contributed by atoms with E-state index in [2.05, 4.69) is 61.0 Å². The first-order valence-electron chi connectivity index (χ1n) is 12.2. The van der Waals surface area contributed by atoms with Crippen LogP contribution in [-0.2, 0) is 5.41 Å². The van der Waals surface area contributed by atoms with Gasteiger partial charge in [-0.15, -0.1) is 0 Å². The number of hydrogen-bond acceptors (Lipinski definition) is 3. The van der Waals surface area contributed by atoms with E-state index in [4.69, 9.17) is 16.0 Å². The fraction of sp³-hybridized carbons (Fsp3) is 0.125. The highest BCUT2D eigenvalue weighted by molar-refractivity contribution is 9.10. The Kier molecular flexibility index (Phi) is 6.99. The molecular weight excluding hydrogens is 562 g/mol. The van der Waals surface area contributed by atoms with Crippen LogP contribution < -0.4 is 0 Å². The molecule has 1 heterocycles. The number of furan rings is 1. The molecule has 5 aromatic rings. The molecule has 38 heavy (non-hydrogen) atoms. The van der Waals surface area contributed by atoms with Gasteiger partial charge in [-0.25, -0.2) is 0 Å². The SMILES string of the molecule is CC(C)(C)c1ccc(-c2oc(-c3ccc(Br)cc3)c(-c3ccc([N+](=O)[O-])cc3)c2-c2ccc(Cl)cc2)cc1. The summed E-state index contributed by atoms with van der Waals surface area (Å²) >= 11 is 9.76. The van der Waals surface area contributed by atoms with Crippen molar-refractivity contribution in [3.05, 3.63) is 122 Å². The third-order valence-corrected chi connectivity index (χ3v) is 7.31. The van der Waals surface area contributed by atoms with Crippen LogP contribution in [0.2, 0.25) is 5.02 Å². The number of nitrogens with zero attached hydrogens (tertiary/aromatic N) is 1. The van der Waals surface area contributed by atoms with Crippen LogP contribution in [0, 0.1) is 10.1 Å². The zero-order chi connectivity index (χ0) is 27.0. The lowest BCUT2D eigenvalue weighted by Gasteiger charge is -2.19. The predicted octanol–water partition coefficient (Wildman–Crippen LogP) is 10.6. The highest BCUT2D eigenvalue weighted by Crippen LogP contribution is 2.49. The predicted molar refractivity (Wildman–Crippen MR) is 159 cm³/mol. The highest BCUT2D eigenvalue weighted by Gasteiger charge is 2.26. The van der Waals surface area contributed by atoms with Crippen molar-refractivity contribution in [3.63, 3.8) is 0 Å². The number of nitro groups is 1. The van der Waals surface area contributed by atoms with Crippen LogP contribution in [0.25, 0.3) is 44.9 Å². The second-order valence-corrected chi connectivity index (χ2v) is 11.5. The first kappa shape index (κ1) is 26.0. The van der Waals surface area contributed by atoms with E-state index >= 15 is 0 Å². The molecule has 0 saturated carbocycles. The Hall–Kier alpha value is -3.67. The number of benzene rings is 4. The molecule has 0 atom stereocenters. The van der Waals surface area contributed by atoms with Gasteiger partial charge in [0.05, 0.1) is 4.92 Å². The fourth-order valence-electron chi connectivity index (χ4n) is 4.48. The lowest BCUT2D eigenvalue weighted by atomic mass is 9.86. The van der Waals surface area contributed by atoms with Crippen LogP contribution in [0.15, 0.2) is 106 Å². The minimum atomic E-state index is -0.392. The van der Waals surface area contributed by atoms with E-state index in [0.717, 1.165) is 43.6 Å². The monoisotopic (exact) mass is 585 g/mol. The average molecular weight is 587 g/mol. The molecular formula is C32H25BrClNO3. The molecule has 4 aromatic carbocycles. The summed E-state index contributed by atoms with van der Waals surface area (Å²) in [5.41, 5.74) is 6.63. The van der Waals surface area contributed by atoms with Gasteiger partial charge in [-0.1, -0.05) is 96.8 Å². The van der Waals surface area contributed by atoms with Gasteiger partial charge in [-0.2, -0.15) is 0 Å². The summed E-state index contributed by atoms with van der Waals surface area (Å²) in [6.45, 7) is 6.56. The molecule has 0 saturated heterocycles. The van der Waals surface area contributed by atoms with Crippen molar-refractivity contribution in [2.75, 3.05) is 0 Å². The molecule has 4 nitrogen and oxygen atoms in total. The Labute approximate surface area is 235 Å². The van der Waals surface area contributed by atoms with Gasteiger partial charge in [0.1, 0.15) is 11.5 Å². The summed E-state index contributed by atoms with van der Waals surface area (Å²) in [5, 5.41) is 12.0. The van der Waals surface area contributed by atoms with Crippen molar-refractivity contribution >= 4 is 33.2 Å². The lowest BCUT2D eigenvalue weighted by molar-refractivity contribution is -0.384. The van der Waals surface area contributed by atoms with Gasteiger partial charge < -0.3 is 4.42 Å². The number of nitro benzene ring substituents is 1. The Morgan fingerprint density at radius 3 is 1.55 bits per heavy atom. The third-order valence-electron chi connectivity index (χ3n) is 6.53. The van der Waals surface area contributed by atoms with Gasteiger partial charge in [0, 0.05) is 43.9 Å². The molecule has 5 rings (SSSR count). The molecule has 0 radical (unpaired) electrons. The zero-order valence-electron chi connectivity index (χ0n) is 21.2. The maximum atomic E-state index is 11.3. The van der Waals surface area contributed by atoms with Crippen molar-refractivity contribution in [1.82, 2.24) is 0 Å². The van der Waals surface area contributed by atoms with E-state index in [9.17, 15) is 10.1 Å². The molecule has 0 amide bonds. The van der Waals surface area contributed by atoms with Gasteiger partial charge in [0.2, 0.25) is 0 Å². The number of non-ortho nitro benzene ring substituents is 1. The molecule has 0 spiro atoms. The Balaban J connectivity index is 1.82. The van der Waals surface area contributed by atoms with Crippen LogP contribution in [-0.4, -0.2) is 4.92 Å². The molecule has 1 aromatic heterocycles. The Morgan fingerprint density at radius 2 is 1.11 bits per heavy atom. The average Bonchev–Trinajstić information content (AvgIpc) is 3.30. The molecule has 0 N–H and O–H groups in total. The van der Waals surface area contributed by atoms with Gasteiger partial charge >= 0.3 is 0 Å². The molecule has 6 heteroatoms. The normalized spacial score (nSPS) is 11.5. The van der Waals surface area contributed by atoms with Crippen LogP contribution >= 0.6 is 27.5 Å². The maximum absolute atomic E-state index is 11.3.